The average molecular weight is 424 g/mol. The van der Waals surface area contributed by atoms with Crippen LogP contribution in [0.5, 0.6) is 5.75 Å². The molecule has 2 unspecified atom stereocenters. The van der Waals surface area contributed by atoms with Crippen LogP contribution in [0.4, 0.5) is 5.69 Å². The van der Waals surface area contributed by atoms with Crippen molar-refractivity contribution in [1.29, 1.82) is 0 Å². The smallest absolute Gasteiger partial charge is 0.265 e. The van der Waals surface area contributed by atoms with Crippen LogP contribution in [-0.4, -0.2) is 35.4 Å². The zero-order valence-corrected chi connectivity index (χ0v) is 18.9. The van der Waals surface area contributed by atoms with Gasteiger partial charge in [0.1, 0.15) is 5.75 Å². The predicted octanol–water partition coefficient (Wildman–Crippen LogP) is 3.97. The summed E-state index contributed by atoms with van der Waals surface area (Å²) >= 11 is 0. The molecule has 2 aromatic carbocycles. The molecule has 1 heterocycles. The van der Waals surface area contributed by atoms with Crippen molar-refractivity contribution in [3.8, 4) is 5.75 Å². The molecule has 0 bridgehead atoms. The van der Waals surface area contributed by atoms with Crippen LogP contribution in [0.25, 0.3) is 0 Å². The molecule has 1 aliphatic rings. The van der Waals surface area contributed by atoms with Crippen molar-refractivity contribution in [3.05, 3.63) is 59.2 Å². The number of likely N-dealkylation sites (tertiary alicyclic amines) is 1. The molecule has 0 aromatic heterocycles. The lowest BCUT2D eigenvalue weighted by Crippen LogP contribution is -2.39. The predicted molar refractivity (Wildman–Crippen MR) is 123 cm³/mol. The van der Waals surface area contributed by atoms with E-state index in [4.69, 9.17) is 10.5 Å². The minimum absolute atomic E-state index is 0.209. The molecule has 0 saturated carbocycles. The van der Waals surface area contributed by atoms with Gasteiger partial charge in [-0.25, -0.2) is 0 Å². The molecule has 1 saturated heterocycles. The molecule has 2 aromatic rings. The number of nitrogens with two attached hydrogens (primary N) is 1. The van der Waals surface area contributed by atoms with Crippen LogP contribution < -0.4 is 15.8 Å². The highest BCUT2D eigenvalue weighted by Crippen LogP contribution is 2.25. The largest absolute Gasteiger partial charge is 0.481 e. The number of hydrogen-bond donors (Lipinski definition) is 2. The molecule has 2 amide bonds. The quantitative estimate of drug-likeness (QED) is 0.673. The van der Waals surface area contributed by atoms with Gasteiger partial charge in [0, 0.05) is 12.2 Å². The number of ether oxygens (including phenoxy) is 1. The number of benzene rings is 2. The van der Waals surface area contributed by atoms with Crippen LogP contribution in [0.1, 0.15) is 56.2 Å². The highest BCUT2D eigenvalue weighted by molar-refractivity contribution is 5.94. The number of rotatable bonds is 8. The standard InChI is InChI=1S/C25H33N3O3/c1-16(2)22-11-10-21(13-17(22)3)31-18(4)25(30)27-20-8-5-7-19(14-20)15-28-12-6-9-23(28)24(26)29/h5,7-8,10-11,13-14,16,18,23H,6,9,12,15H2,1-4H3,(H2,26,29)(H,27,30). The van der Waals surface area contributed by atoms with Gasteiger partial charge in [-0.1, -0.05) is 32.0 Å². The van der Waals surface area contributed by atoms with Crippen molar-refractivity contribution < 1.29 is 14.3 Å². The third-order valence-electron chi connectivity index (χ3n) is 5.82. The molecule has 3 rings (SSSR count). The van der Waals surface area contributed by atoms with E-state index in [1.54, 1.807) is 6.92 Å². The summed E-state index contributed by atoms with van der Waals surface area (Å²) in [6.07, 6.45) is 1.14. The zero-order valence-electron chi connectivity index (χ0n) is 18.9. The Morgan fingerprint density at radius 1 is 1.19 bits per heavy atom. The number of carbonyl (C=O) groups excluding carboxylic acids is 2. The van der Waals surface area contributed by atoms with Crippen molar-refractivity contribution in [1.82, 2.24) is 4.90 Å². The molecule has 0 radical (unpaired) electrons. The Kier molecular flexibility index (Phi) is 7.33. The van der Waals surface area contributed by atoms with Crippen molar-refractivity contribution >= 4 is 17.5 Å². The molecule has 31 heavy (non-hydrogen) atoms. The molecule has 0 aliphatic carbocycles. The first-order valence-electron chi connectivity index (χ1n) is 10.9. The Hall–Kier alpha value is -2.86. The monoisotopic (exact) mass is 423 g/mol. The highest BCUT2D eigenvalue weighted by atomic mass is 16.5. The summed E-state index contributed by atoms with van der Waals surface area (Å²) in [5.74, 6) is 0.647. The molecule has 6 nitrogen and oxygen atoms in total. The number of anilines is 1. The molecule has 1 fully saturated rings. The Bertz CT molecular complexity index is 941. The minimum atomic E-state index is -0.634. The fourth-order valence-corrected chi connectivity index (χ4v) is 4.19. The van der Waals surface area contributed by atoms with Crippen molar-refractivity contribution in [2.45, 2.75) is 65.1 Å². The summed E-state index contributed by atoms with van der Waals surface area (Å²) < 4.78 is 5.87. The first-order chi connectivity index (χ1) is 14.7. The van der Waals surface area contributed by atoms with Gasteiger partial charge in [0.2, 0.25) is 5.91 Å². The van der Waals surface area contributed by atoms with E-state index in [1.807, 2.05) is 36.4 Å². The van der Waals surface area contributed by atoms with Crippen molar-refractivity contribution in [2.75, 3.05) is 11.9 Å². The summed E-state index contributed by atoms with van der Waals surface area (Å²) in [5, 5.41) is 2.93. The number of carbonyl (C=O) groups is 2. The molecule has 2 atom stereocenters. The number of aryl methyl sites for hydroxylation is 1. The Morgan fingerprint density at radius 3 is 2.65 bits per heavy atom. The topological polar surface area (TPSA) is 84.7 Å². The third kappa shape index (κ3) is 5.85. The minimum Gasteiger partial charge on any atom is -0.481 e. The van der Waals surface area contributed by atoms with Gasteiger partial charge in [0.25, 0.3) is 5.91 Å². The van der Waals surface area contributed by atoms with Crippen LogP contribution >= 0.6 is 0 Å². The second kappa shape index (κ2) is 9.96. The van der Waals surface area contributed by atoms with E-state index in [9.17, 15) is 9.59 Å². The van der Waals surface area contributed by atoms with Crippen molar-refractivity contribution in [3.63, 3.8) is 0 Å². The first-order valence-corrected chi connectivity index (χ1v) is 10.9. The van der Waals surface area contributed by atoms with Gasteiger partial charge < -0.3 is 15.8 Å². The summed E-state index contributed by atoms with van der Waals surface area (Å²) in [5.41, 5.74) is 9.68. The van der Waals surface area contributed by atoms with Gasteiger partial charge in [0.15, 0.2) is 6.10 Å². The first kappa shape index (κ1) is 22.8. The number of nitrogens with zero attached hydrogens (tertiary/aromatic N) is 1. The van der Waals surface area contributed by atoms with E-state index >= 15 is 0 Å². The lowest BCUT2D eigenvalue weighted by molar-refractivity contribution is -0.122. The molecular weight excluding hydrogens is 390 g/mol. The van der Waals surface area contributed by atoms with Crippen molar-refractivity contribution in [2.24, 2.45) is 5.73 Å². The summed E-state index contributed by atoms with van der Waals surface area (Å²) in [7, 11) is 0. The Labute approximate surface area is 184 Å². The average Bonchev–Trinajstić information content (AvgIpc) is 3.16. The number of hydrogen-bond acceptors (Lipinski definition) is 4. The van der Waals surface area contributed by atoms with E-state index in [0.717, 1.165) is 30.5 Å². The maximum Gasteiger partial charge on any atom is 0.265 e. The van der Waals surface area contributed by atoms with E-state index in [2.05, 4.69) is 37.1 Å². The Balaban J connectivity index is 1.60. The normalized spacial score (nSPS) is 17.5. The number of primary amides is 1. The van der Waals surface area contributed by atoms with Crippen LogP contribution in [-0.2, 0) is 16.1 Å². The lowest BCUT2D eigenvalue weighted by Gasteiger charge is -2.22. The van der Waals surface area contributed by atoms with Crippen LogP contribution in [0, 0.1) is 6.92 Å². The third-order valence-corrected chi connectivity index (χ3v) is 5.82. The van der Waals surface area contributed by atoms with Gasteiger partial charge in [-0.3, -0.25) is 14.5 Å². The molecule has 1 aliphatic heterocycles. The number of amides is 2. The fraction of sp³-hybridized carbons (Fsp3) is 0.440. The molecule has 3 N–H and O–H groups in total. The maximum absolute atomic E-state index is 12.7. The van der Waals surface area contributed by atoms with Gasteiger partial charge >= 0.3 is 0 Å². The van der Waals surface area contributed by atoms with E-state index in [-0.39, 0.29) is 17.9 Å². The van der Waals surface area contributed by atoms with E-state index < -0.39 is 6.10 Å². The van der Waals surface area contributed by atoms with Crippen LogP contribution in [0.3, 0.4) is 0 Å². The highest BCUT2D eigenvalue weighted by Gasteiger charge is 2.28. The molecule has 0 spiro atoms. The SMILES string of the molecule is Cc1cc(OC(C)C(=O)Nc2cccc(CN3CCCC3C(N)=O)c2)ccc1C(C)C. The second-order valence-electron chi connectivity index (χ2n) is 8.65. The van der Waals surface area contributed by atoms with E-state index in [0.29, 0.717) is 23.9 Å². The molecule has 166 valence electrons. The van der Waals surface area contributed by atoms with E-state index in [1.165, 1.54) is 5.56 Å². The molecular formula is C25H33N3O3. The summed E-state index contributed by atoms with van der Waals surface area (Å²) in [6.45, 7) is 9.60. The van der Waals surface area contributed by atoms with Crippen LogP contribution in [0.15, 0.2) is 42.5 Å². The summed E-state index contributed by atoms with van der Waals surface area (Å²) in [6, 6.07) is 13.4. The van der Waals surface area contributed by atoms with Gasteiger partial charge in [0.05, 0.1) is 6.04 Å². The second-order valence-corrected chi connectivity index (χ2v) is 8.65. The Morgan fingerprint density at radius 2 is 1.97 bits per heavy atom. The van der Waals surface area contributed by atoms with Gasteiger partial charge in [-0.05, 0) is 80.1 Å². The summed E-state index contributed by atoms with van der Waals surface area (Å²) in [4.78, 5) is 26.4. The van der Waals surface area contributed by atoms with Gasteiger partial charge in [-0.15, -0.1) is 0 Å². The molecule has 6 heteroatoms. The number of nitrogens with one attached hydrogen (secondary N) is 1. The van der Waals surface area contributed by atoms with Gasteiger partial charge in [-0.2, -0.15) is 0 Å². The van der Waals surface area contributed by atoms with Crippen LogP contribution in [0.2, 0.25) is 0 Å². The lowest BCUT2D eigenvalue weighted by atomic mass is 9.98. The maximum atomic E-state index is 12.7. The fourth-order valence-electron chi connectivity index (χ4n) is 4.19. The zero-order chi connectivity index (χ0) is 22.5.